The van der Waals surface area contributed by atoms with Crippen molar-refractivity contribution in [2.75, 3.05) is 13.2 Å². The summed E-state index contributed by atoms with van der Waals surface area (Å²) in [6.07, 6.45) is 0.0694. The summed E-state index contributed by atoms with van der Waals surface area (Å²) in [5, 5.41) is 0.146. The van der Waals surface area contributed by atoms with Gasteiger partial charge >= 0.3 is 0 Å². The van der Waals surface area contributed by atoms with Gasteiger partial charge in [-0.05, 0) is 54.9 Å². The van der Waals surface area contributed by atoms with Crippen molar-refractivity contribution in [3.8, 4) is 5.75 Å². The SMILES string of the molecule is CC(C)O/C(=C(/COCC(C)(C)C)C(C)(C)C)c1cccc(O[Si](C)(C)C(C)(C)C)c1. The predicted octanol–water partition coefficient (Wildman–Crippen LogP) is 8.32. The first-order chi connectivity index (χ1) is 13.8. The molecular formula is C27H48O3Si. The van der Waals surface area contributed by atoms with E-state index in [1.165, 1.54) is 5.57 Å². The summed E-state index contributed by atoms with van der Waals surface area (Å²) >= 11 is 0. The van der Waals surface area contributed by atoms with Gasteiger partial charge in [-0.15, -0.1) is 0 Å². The molecule has 1 aromatic rings. The molecule has 0 spiro atoms. The van der Waals surface area contributed by atoms with Crippen LogP contribution in [0.25, 0.3) is 5.76 Å². The van der Waals surface area contributed by atoms with E-state index in [0.29, 0.717) is 13.2 Å². The van der Waals surface area contributed by atoms with Crippen molar-refractivity contribution in [1.29, 1.82) is 0 Å². The van der Waals surface area contributed by atoms with Crippen LogP contribution in [0.1, 0.15) is 81.7 Å². The standard InChI is InChI=1S/C27H48O3Si/c1-20(2)29-24(23(26(6,7)8)18-28-19-25(3,4)5)21-15-14-16-22(17-21)30-31(12,13)27(9,10)11/h14-17,20H,18-19H2,1-13H3/b24-23-. The van der Waals surface area contributed by atoms with Crippen molar-refractivity contribution in [2.24, 2.45) is 10.8 Å². The summed E-state index contributed by atoms with van der Waals surface area (Å²) in [5.74, 6) is 1.83. The molecule has 0 radical (unpaired) electrons. The Labute approximate surface area is 193 Å². The van der Waals surface area contributed by atoms with Crippen LogP contribution in [0.15, 0.2) is 29.8 Å². The minimum Gasteiger partial charge on any atom is -0.543 e. The first-order valence-corrected chi connectivity index (χ1v) is 14.5. The van der Waals surface area contributed by atoms with Crippen molar-refractivity contribution in [3.63, 3.8) is 0 Å². The van der Waals surface area contributed by atoms with E-state index in [1.807, 2.05) is 0 Å². The molecule has 1 aromatic carbocycles. The highest BCUT2D eigenvalue weighted by Gasteiger charge is 2.39. The molecule has 178 valence electrons. The van der Waals surface area contributed by atoms with E-state index in [2.05, 4.69) is 114 Å². The predicted molar refractivity (Wildman–Crippen MR) is 137 cm³/mol. The molecule has 0 saturated heterocycles. The van der Waals surface area contributed by atoms with Crippen molar-refractivity contribution in [2.45, 2.75) is 100 Å². The molecule has 0 aliphatic rings. The second-order valence-electron chi connectivity index (χ2n) is 12.7. The lowest BCUT2D eigenvalue weighted by atomic mass is 9.84. The van der Waals surface area contributed by atoms with Crippen LogP contribution in [0, 0.1) is 10.8 Å². The molecule has 4 heteroatoms. The fourth-order valence-corrected chi connectivity index (χ4v) is 3.80. The molecule has 0 amide bonds. The molecule has 3 nitrogen and oxygen atoms in total. The number of hydrogen-bond donors (Lipinski definition) is 0. The lowest BCUT2D eigenvalue weighted by Crippen LogP contribution is -2.43. The summed E-state index contributed by atoms with van der Waals surface area (Å²) < 4.78 is 19.2. The van der Waals surface area contributed by atoms with Crippen LogP contribution in [0.3, 0.4) is 0 Å². The van der Waals surface area contributed by atoms with Crippen molar-refractivity contribution < 1.29 is 13.9 Å². The molecular weight excluding hydrogens is 400 g/mol. The average Bonchev–Trinajstić information content (AvgIpc) is 2.53. The monoisotopic (exact) mass is 448 g/mol. The van der Waals surface area contributed by atoms with E-state index in [0.717, 1.165) is 17.1 Å². The smallest absolute Gasteiger partial charge is 0.250 e. The van der Waals surface area contributed by atoms with Gasteiger partial charge in [-0.25, -0.2) is 0 Å². The Morgan fingerprint density at radius 2 is 1.52 bits per heavy atom. The lowest BCUT2D eigenvalue weighted by Gasteiger charge is -2.36. The Balaban J connectivity index is 3.44. The minimum absolute atomic E-state index is 0.0694. The zero-order chi connectivity index (χ0) is 24.3. The van der Waals surface area contributed by atoms with Crippen molar-refractivity contribution in [3.05, 3.63) is 35.4 Å². The van der Waals surface area contributed by atoms with Crippen LogP contribution in [-0.4, -0.2) is 27.6 Å². The molecule has 0 atom stereocenters. The summed E-state index contributed by atoms with van der Waals surface area (Å²) in [6.45, 7) is 30.0. The molecule has 0 unspecified atom stereocenters. The third-order valence-electron chi connectivity index (χ3n) is 5.59. The van der Waals surface area contributed by atoms with Crippen LogP contribution in [0.5, 0.6) is 5.75 Å². The Bertz CT molecular complexity index is 741. The van der Waals surface area contributed by atoms with Crippen LogP contribution in [0.2, 0.25) is 18.1 Å². The van der Waals surface area contributed by atoms with Gasteiger partial charge in [0.1, 0.15) is 11.5 Å². The van der Waals surface area contributed by atoms with Gasteiger partial charge in [0.25, 0.3) is 0 Å². The van der Waals surface area contributed by atoms with E-state index in [-0.39, 0.29) is 22.0 Å². The Morgan fingerprint density at radius 1 is 0.935 bits per heavy atom. The number of hydrogen-bond acceptors (Lipinski definition) is 3. The second-order valence-corrected chi connectivity index (χ2v) is 17.4. The second kappa shape index (κ2) is 10.1. The molecule has 0 aliphatic heterocycles. The van der Waals surface area contributed by atoms with Gasteiger partial charge < -0.3 is 13.9 Å². The van der Waals surface area contributed by atoms with E-state index >= 15 is 0 Å². The lowest BCUT2D eigenvalue weighted by molar-refractivity contribution is 0.0773. The highest BCUT2D eigenvalue weighted by molar-refractivity contribution is 6.74. The van der Waals surface area contributed by atoms with Crippen LogP contribution in [-0.2, 0) is 9.47 Å². The summed E-state index contributed by atoms with van der Waals surface area (Å²) in [6, 6.07) is 8.38. The highest BCUT2D eigenvalue weighted by Crippen LogP contribution is 2.39. The molecule has 1 rings (SSSR count). The normalized spacial score (nSPS) is 14.5. The van der Waals surface area contributed by atoms with E-state index < -0.39 is 8.32 Å². The first kappa shape index (κ1) is 27.8. The molecule has 0 N–H and O–H groups in total. The molecule has 0 saturated carbocycles. The van der Waals surface area contributed by atoms with Crippen molar-refractivity contribution >= 4 is 14.1 Å². The molecule has 31 heavy (non-hydrogen) atoms. The fraction of sp³-hybridized carbons (Fsp3) is 0.704. The van der Waals surface area contributed by atoms with Gasteiger partial charge in [0.05, 0.1) is 19.3 Å². The van der Waals surface area contributed by atoms with Crippen LogP contribution >= 0.6 is 0 Å². The maximum atomic E-state index is 6.58. The van der Waals surface area contributed by atoms with Gasteiger partial charge in [-0.2, -0.15) is 0 Å². The molecule has 0 bridgehead atoms. The molecule has 0 aliphatic carbocycles. The third-order valence-corrected chi connectivity index (χ3v) is 9.95. The van der Waals surface area contributed by atoms with E-state index in [9.17, 15) is 0 Å². The maximum absolute atomic E-state index is 6.58. The van der Waals surface area contributed by atoms with Gasteiger partial charge in [0.15, 0.2) is 0 Å². The molecule has 0 aromatic heterocycles. The van der Waals surface area contributed by atoms with Crippen LogP contribution < -0.4 is 4.43 Å². The summed E-state index contributed by atoms with van der Waals surface area (Å²) in [5.41, 5.74) is 2.27. The van der Waals surface area contributed by atoms with E-state index in [4.69, 9.17) is 13.9 Å². The van der Waals surface area contributed by atoms with E-state index in [1.54, 1.807) is 0 Å². The average molecular weight is 449 g/mol. The van der Waals surface area contributed by atoms with Gasteiger partial charge in [-0.3, -0.25) is 0 Å². The summed E-state index contributed by atoms with van der Waals surface area (Å²) in [7, 11) is -1.92. The first-order valence-electron chi connectivity index (χ1n) is 11.6. The molecule has 0 fully saturated rings. The Morgan fingerprint density at radius 3 is 1.97 bits per heavy atom. The van der Waals surface area contributed by atoms with Crippen molar-refractivity contribution in [1.82, 2.24) is 0 Å². The topological polar surface area (TPSA) is 27.7 Å². The summed E-state index contributed by atoms with van der Waals surface area (Å²) in [4.78, 5) is 0. The van der Waals surface area contributed by atoms with Gasteiger partial charge in [0, 0.05) is 11.1 Å². The van der Waals surface area contributed by atoms with Gasteiger partial charge in [0.2, 0.25) is 8.32 Å². The van der Waals surface area contributed by atoms with Crippen LogP contribution in [0.4, 0.5) is 0 Å². The zero-order valence-electron chi connectivity index (χ0n) is 22.5. The quantitative estimate of drug-likeness (QED) is 0.295. The highest BCUT2D eigenvalue weighted by atomic mass is 28.4. The minimum atomic E-state index is -1.92. The number of ether oxygens (including phenoxy) is 2. The fourth-order valence-electron chi connectivity index (χ4n) is 2.78. The Kier molecular flexibility index (Phi) is 9.07. The molecule has 0 heterocycles. The Hall–Kier alpha value is -1.26. The maximum Gasteiger partial charge on any atom is 0.250 e. The zero-order valence-corrected chi connectivity index (χ0v) is 23.5. The number of benzene rings is 1. The van der Waals surface area contributed by atoms with Gasteiger partial charge in [-0.1, -0.05) is 74.4 Å². The number of rotatable bonds is 8. The largest absolute Gasteiger partial charge is 0.543 e. The third kappa shape index (κ3) is 9.01.